The van der Waals surface area contributed by atoms with Crippen molar-refractivity contribution in [2.24, 2.45) is 0 Å². The summed E-state index contributed by atoms with van der Waals surface area (Å²) in [6.45, 7) is 1.43. The molecule has 10 heteroatoms. The Morgan fingerprint density at radius 2 is 1.38 bits per heavy atom. The van der Waals surface area contributed by atoms with Crippen molar-refractivity contribution in [2.45, 2.75) is 24.9 Å². The van der Waals surface area contributed by atoms with Crippen LogP contribution in [0.3, 0.4) is 0 Å². The van der Waals surface area contributed by atoms with Crippen LogP contribution in [-0.4, -0.2) is 29.1 Å². The number of rotatable bonds is 2. The summed E-state index contributed by atoms with van der Waals surface area (Å²) in [4.78, 5) is 9.38. The zero-order valence-electron chi connectivity index (χ0n) is 7.45. The van der Waals surface area contributed by atoms with Crippen LogP contribution in [0.5, 0.6) is 0 Å². The molecule has 0 unspecified atom stereocenters. The molecule has 0 aliphatic rings. The fourth-order valence-electron chi connectivity index (χ4n) is 0.312. The summed E-state index contributed by atoms with van der Waals surface area (Å²) >= 11 is 0. The number of nitriles is 1. The van der Waals surface area contributed by atoms with Gasteiger partial charge < -0.3 is 5.11 Å². The van der Waals surface area contributed by atoms with Gasteiger partial charge in [-0.1, -0.05) is 0 Å². The van der Waals surface area contributed by atoms with E-state index in [4.69, 9.17) is 10.4 Å². The maximum Gasteiger partial charge on any atom is 0.460 e. The van der Waals surface area contributed by atoms with Crippen LogP contribution in [0.15, 0.2) is 0 Å². The van der Waals surface area contributed by atoms with Crippen LogP contribution >= 0.6 is 0 Å². The molecule has 0 aromatic heterocycles. The van der Waals surface area contributed by atoms with Crippen molar-refractivity contribution in [1.29, 1.82) is 5.26 Å². The number of hydrogen-bond donors (Lipinski definition) is 1. The molecule has 0 spiro atoms. The van der Waals surface area contributed by atoms with Gasteiger partial charge in [0.1, 0.15) is 0 Å². The molecule has 16 heavy (non-hydrogen) atoms. The predicted octanol–water partition coefficient (Wildman–Crippen LogP) is 2.43. The molecule has 0 radical (unpaired) electrons. The van der Waals surface area contributed by atoms with Crippen LogP contribution in [0, 0.1) is 11.3 Å². The van der Waals surface area contributed by atoms with E-state index in [9.17, 15) is 35.5 Å². The summed E-state index contributed by atoms with van der Waals surface area (Å²) in [5.41, 5.74) is 0. The zero-order valence-corrected chi connectivity index (χ0v) is 7.45. The van der Waals surface area contributed by atoms with E-state index in [1.54, 1.807) is 6.07 Å². The second-order valence-corrected chi connectivity index (χ2v) is 2.18. The fraction of sp³-hybridized carbons (Fsp3) is 0.667. The van der Waals surface area contributed by atoms with Crippen molar-refractivity contribution >= 4 is 5.97 Å². The lowest BCUT2D eigenvalue weighted by Crippen LogP contribution is -2.56. The highest BCUT2D eigenvalue weighted by Crippen LogP contribution is 2.46. The number of halogens is 7. The number of hydrogen-bond acceptors (Lipinski definition) is 2. The molecule has 0 bridgehead atoms. The quantitative estimate of drug-likeness (QED) is 0.771. The molecule has 0 aliphatic heterocycles. The van der Waals surface area contributed by atoms with Crippen LogP contribution in [0.2, 0.25) is 0 Å². The summed E-state index contributed by atoms with van der Waals surface area (Å²) in [5, 5.41) is 14.7. The monoisotopic (exact) mass is 255 g/mol. The number of alkyl halides is 7. The third kappa shape index (κ3) is 3.25. The molecular formula is C6H4F7NO2. The van der Waals surface area contributed by atoms with Crippen LogP contribution < -0.4 is 0 Å². The van der Waals surface area contributed by atoms with Crippen molar-refractivity contribution in [3.8, 4) is 6.07 Å². The average molecular weight is 255 g/mol. The van der Waals surface area contributed by atoms with E-state index in [0.717, 1.165) is 0 Å². The third-order valence-electron chi connectivity index (χ3n) is 1.02. The summed E-state index contributed by atoms with van der Waals surface area (Å²) in [7, 11) is 0. The minimum absolute atomic E-state index is 1.43. The van der Waals surface area contributed by atoms with Crippen molar-refractivity contribution < 1.29 is 40.6 Å². The number of carboxylic acids is 1. The number of aliphatic carboxylic acids is 1. The molecule has 0 aliphatic carbocycles. The number of carbonyl (C=O) groups is 1. The summed E-state index contributed by atoms with van der Waals surface area (Å²) in [6.07, 6.45) is -6.60. The van der Waals surface area contributed by atoms with Gasteiger partial charge in [-0.15, -0.1) is 0 Å². The van der Waals surface area contributed by atoms with Crippen LogP contribution in [0.4, 0.5) is 30.7 Å². The number of nitrogens with zero attached hydrogens (tertiary/aromatic N) is 1. The molecule has 0 rings (SSSR count). The van der Waals surface area contributed by atoms with E-state index in [0.29, 0.717) is 0 Å². The van der Waals surface area contributed by atoms with E-state index in [2.05, 4.69) is 0 Å². The van der Waals surface area contributed by atoms with Gasteiger partial charge >= 0.3 is 24.0 Å². The molecule has 0 fully saturated rings. The van der Waals surface area contributed by atoms with E-state index in [1.165, 1.54) is 6.92 Å². The molecule has 0 atom stereocenters. The Morgan fingerprint density at radius 3 is 1.44 bits per heavy atom. The first-order chi connectivity index (χ1) is 6.86. The van der Waals surface area contributed by atoms with Gasteiger partial charge in [0.2, 0.25) is 0 Å². The molecule has 1 N–H and O–H groups in total. The molecule has 94 valence electrons. The Balaban J connectivity index is 0. The minimum atomic E-state index is -6.60. The second kappa shape index (κ2) is 5.00. The first kappa shape index (κ1) is 16.9. The Hall–Kier alpha value is -1.53. The highest BCUT2D eigenvalue weighted by molar-refractivity contribution is 5.76. The highest BCUT2D eigenvalue weighted by atomic mass is 19.4. The average Bonchev–Trinajstić information content (AvgIpc) is 2.02. The second-order valence-electron chi connectivity index (χ2n) is 2.18. The Bertz CT molecular complexity index is 290. The third-order valence-corrected chi connectivity index (χ3v) is 1.02. The Labute approximate surface area is 84.1 Å². The minimum Gasteiger partial charge on any atom is -0.477 e. The lowest BCUT2D eigenvalue weighted by Gasteiger charge is -2.24. The van der Waals surface area contributed by atoms with Crippen LogP contribution in [0.1, 0.15) is 6.92 Å². The first-order valence-electron chi connectivity index (χ1n) is 3.22. The number of carboxylic acid groups (broad SMARTS) is 1. The van der Waals surface area contributed by atoms with Gasteiger partial charge in [0.15, 0.2) is 0 Å². The van der Waals surface area contributed by atoms with Gasteiger partial charge in [-0.25, -0.2) is 4.79 Å². The normalized spacial score (nSPS) is 12.2. The molecule has 0 saturated heterocycles. The topological polar surface area (TPSA) is 61.1 Å². The predicted molar refractivity (Wildman–Crippen MR) is 34.9 cm³/mol. The van der Waals surface area contributed by atoms with Gasteiger partial charge in [0.05, 0.1) is 6.07 Å². The van der Waals surface area contributed by atoms with Crippen molar-refractivity contribution in [3.05, 3.63) is 0 Å². The van der Waals surface area contributed by atoms with E-state index >= 15 is 0 Å². The lowest BCUT2D eigenvalue weighted by molar-refractivity contribution is -0.347. The van der Waals surface area contributed by atoms with Crippen LogP contribution in [0.25, 0.3) is 0 Å². The van der Waals surface area contributed by atoms with Gasteiger partial charge in [0.25, 0.3) is 0 Å². The van der Waals surface area contributed by atoms with Crippen LogP contribution in [-0.2, 0) is 4.79 Å². The largest absolute Gasteiger partial charge is 0.477 e. The summed E-state index contributed by atoms with van der Waals surface area (Å²) < 4.78 is 80.5. The van der Waals surface area contributed by atoms with Crippen molar-refractivity contribution in [1.82, 2.24) is 0 Å². The Kier molecular flexibility index (Phi) is 5.27. The van der Waals surface area contributed by atoms with E-state index in [1.807, 2.05) is 0 Å². The summed E-state index contributed by atoms with van der Waals surface area (Å²) in [6, 6.07) is 1.75. The first-order valence-corrected chi connectivity index (χ1v) is 3.22. The molecule has 3 nitrogen and oxygen atoms in total. The SMILES string of the molecule is CC#N.O=C(O)C(F)(F)C(F)(F)C(F)(F)F. The summed E-state index contributed by atoms with van der Waals surface area (Å²) in [5.74, 6) is -16.3. The lowest BCUT2D eigenvalue weighted by atomic mass is 10.1. The zero-order chi connectivity index (χ0) is 13.8. The molecule has 0 aromatic carbocycles. The van der Waals surface area contributed by atoms with Crippen molar-refractivity contribution in [2.75, 3.05) is 0 Å². The van der Waals surface area contributed by atoms with Gasteiger partial charge in [0, 0.05) is 6.92 Å². The van der Waals surface area contributed by atoms with Gasteiger partial charge in [-0.3, -0.25) is 0 Å². The molecule has 0 amide bonds. The van der Waals surface area contributed by atoms with E-state index in [-0.39, 0.29) is 0 Å². The molecule has 0 saturated carbocycles. The molecular weight excluding hydrogens is 251 g/mol. The van der Waals surface area contributed by atoms with Gasteiger partial charge in [-0.05, 0) is 0 Å². The molecule has 0 aromatic rings. The van der Waals surface area contributed by atoms with E-state index < -0.39 is 24.0 Å². The fourth-order valence-corrected chi connectivity index (χ4v) is 0.312. The van der Waals surface area contributed by atoms with Crippen molar-refractivity contribution in [3.63, 3.8) is 0 Å². The molecule has 0 heterocycles. The maximum absolute atomic E-state index is 11.8. The Morgan fingerprint density at radius 1 is 1.12 bits per heavy atom. The standard InChI is InChI=1S/C4HF7O2.C2H3N/c5-2(6,1(12)13)3(7,8)4(9,10)11;1-2-3/h(H,12,13);1H3. The highest BCUT2D eigenvalue weighted by Gasteiger charge is 2.76. The van der Waals surface area contributed by atoms with Gasteiger partial charge in [-0.2, -0.15) is 36.0 Å². The smallest absolute Gasteiger partial charge is 0.460 e. The maximum atomic E-state index is 11.8.